The van der Waals surface area contributed by atoms with Crippen LogP contribution in [0, 0.1) is 0 Å². The second-order valence-electron chi connectivity index (χ2n) is 4.36. The number of pyridine rings is 1. The smallest absolute Gasteiger partial charge is 0.265 e. The van der Waals surface area contributed by atoms with Crippen molar-refractivity contribution in [2.24, 2.45) is 0 Å². The Balaban J connectivity index is 2.11. The van der Waals surface area contributed by atoms with Crippen LogP contribution in [0.1, 0.15) is 6.42 Å². The third-order valence-corrected chi connectivity index (χ3v) is 4.70. The Morgan fingerprint density at radius 1 is 1.38 bits per heavy atom. The van der Waals surface area contributed by atoms with Gasteiger partial charge in [-0.2, -0.15) is 5.10 Å². The van der Waals surface area contributed by atoms with Gasteiger partial charge in [-0.25, -0.2) is 8.42 Å². The monoisotopic (exact) mass is 373 g/mol. The minimum absolute atomic E-state index is 0.135. The molecule has 0 amide bonds. The van der Waals surface area contributed by atoms with E-state index in [1.54, 1.807) is 10.7 Å². The summed E-state index contributed by atoms with van der Waals surface area (Å²) in [6, 6.07) is 1.58. The second-order valence-corrected chi connectivity index (χ2v) is 6.89. The van der Waals surface area contributed by atoms with Crippen molar-refractivity contribution in [3.8, 4) is 0 Å². The lowest BCUT2D eigenvalue weighted by Gasteiger charge is -2.07. The van der Waals surface area contributed by atoms with E-state index in [1.165, 1.54) is 24.8 Å². The summed E-state index contributed by atoms with van der Waals surface area (Å²) in [7, 11) is -1.78. The van der Waals surface area contributed by atoms with Crippen LogP contribution in [0.25, 0.3) is 0 Å². The van der Waals surface area contributed by atoms with Crippen LogP contribution in [-0.4, -0.2) is 36.8 Å². The highest BCUT2D eigenvalue weighted by Gasteiger charge is 2.17. The maximum atomic E-state index is 12.3. The number of nitrogens with one attached hydrogen (secondary N) is 2. The molecule has 2 aromatic heterocycles. The quantitative estimate of drug-likeness (QED) is 0.717. The van der Waals surface area contributed by atoms with Gasteiger partial charge in [0.1, 0.15) is 4.90 Å². The normalized spacial score (nSPS) is 11.5. The summed E-state index contributed by atoms with van der Waals surface area (Å²) in [6.45, 7) is 1.51. The molecule has 0 spiro atoms. The molecule has 2 rings (SSSR count). The number of aromatic nitrogens is 3. The largest absolute Gasteiger partial charge is 0.320 e. The number of nitrogens with zero attached hydrogens (tertiary/aromatic N) is 3. The predicted molar refractivity (Wildman–Crippen MR) is 83.5 cm³/mol. The first kappa shape index (κ1) is 15.9. The summed E-state index contributed by atoms with van der Waals surface area (Å²) >= 11 is 3.25. The van der Waals surface area contributed by atoms with E-state index in [2.05, 4.69) is 36.1 Å². The van der Waals surface area contributed by atoms with Gasteiger partial charge in [-0.05, 0) is 42.0 Å². The summed E-state index contributed by atoms with van der Waals surface area (Å²) in [5.74, 6) is 0. The van der Waals surface area contributed by atoms with Crippen LogP contribution < -0.4 is 10.0 Å². The van der Waals surface area contributed by atoms with Crippen LogP contribution >= 0.6 is 15.9 Å². The molecule has 0 aliphatic heterocycles. The standard InChI is InChI=1S/C12H16BrN5O2S/c1-14-4-2-6-18-9-10(7-16-18)21(19,20)17-12-3-5-15-8-11(12)13/h3,5,7-9,14H,2,4,6H2,1H3,(H,15,17). The topological polar surface area (TPSA) is 88.9 Å². The number of hydrogen-bond acceptors (Lipinski definition) is 5. The maximum Gasteiger partial charge on any atom is 0.265 e. The van der Waals surface area contributed by atoms with Gasteiger partial charge in [0, 0.05) is 25.1 Å². The Labute approximate surface area is 132 Å². The highest BCUT2D eigenvalue weighted by Crippen LogP contribution is 2.23. The first-order valence-electron chi connectivity index (χ1n) is 6.32. The van der Waals surface area contributed by atoms with E-state index in [1.807, 2.05) is 7.05 Å². The Kier molecular flexibility index (Phi) is 5.32. The van der Waals surface area contributed by atoms with Crippen molar-refractivity contribution < 1.29 is 8.42 Å². The van der Waals surface area contributed by atoms with E-state index in [0.29, 0.717) is 16.7 Å². The van der Waals surface area contributed by atoms with E-state index < -0.39 is 10.0 Å². The average Bonchev–Trinajstić information content (AvgIpc) is 2.91. The van der Waals surface area contributed by atoms with Gasteiger partial charge in [0.2, 0.25) is 0 Å². The van der Waals surface area contributed by atoms with Crippen LogP contribution in [0.3, 0.4) is 0 Å². The van der Waals surface area contributed by atoms with E-state index in [-0.39, 0.29) is 4.90 Å². The van der Waals surface area contributed by atoms with E-state index >= 15 is 0 Å². The van der Waals surface area contributed by atoms with Crippen LogP contribution in [0.2, 0.25) is 0 Å². The first-order valence-corrected chi connectivity index (χ1v) is 8.60. The van der Waals surface area contributed by atoms with Crippen LogP contribution in [0.5, 0.6) is 0 Å². The molecule has 0 saturated carbocycles. The lowest BCUT2D eigenvalue weighted by Crippen LogP contribution is -2.13. The van der Waals surface area contributed by atoms with Crippen molar-refractivity contribution in [3.63, 3.8) is 0 Å². The average molecular weight is 374 g/mol. The summed E-state index contributed by atoms with van der Waals surface area (Å²) in [5, 5.41) is 7.10. The van der Waals surface area contributed by atoms with Crippen molar-refractivity contribution in [1.82, 2.24) is 20.1 Å². The van der Waals surface area contributed by atoms with Gasteiger partial charge in [0.15, 0.2) is 0 Å². The zero-order valence-electron chi connectivity index (χ0n) is 11.5. The Hall–Kier alpha value is -1.45. The highest BCUT2D eigenvalue weighted by atomic mass is 79.9. The van der Waals surface area contributed by atoms with Crippen LogP contribution in [0.4, 0.5) is 5.69 Å². The van der Waals surface area contributed by atoms with Crippen LogP contribution in [-0.2, 0) is 16.6 Å². The van der Waals surface area contributed by atoms with Crippen molar-refractivity contribution >= 4 is 31.6 Å². The molecule has 0 fully saturated rings. The SMILES string of the molecule is CNCCCn1cc(S(=O)(=O)Nc2ccncc2Br)cn1. The lowest BCUT2D eigenvalue weighted by molar-refractivity contribution is 0.561. The molecule has 7 nitrogen and oxygen atoms in total. The molecule has 2 heterocycles. The summed E-state index contributed by atoms with van der Waals surface area (Å²) in [6.07, 6.45) is 6.79. The lowest BCUT2D eigenvalue weighted by atomic mass is 10.4. The van der Waals surface area contributed by atoms with E-state index in [9.17, 15) is 8.42 Å². The molecule has 0 saturated heterocycles. The predicted octanol–water partition coefficient (Wildman–Crippen LogP) is 1.45. The molecule has 0 atom stereocenters. The molecular formula is C12H16BrN5O2S. The zero-order valence-corrected chi connectivity index (χ0v) is 13.9. The number of halogens is 1. The Morgan fingerprint density at radius 2 is 2.19 bits per heavy atom. The molecule has 2 N–H and O–H groups in total. The van der Waals surface area contributed by atoms with Gasteiger partial charge >= 0.3 is 0 Å². The summed E-state index contributed by atoms with van der Waals surface area (Å²) in [4.78, 5) is 4.02. The van der Waals surface area contributed by atoms with Gasteiger partial charge in [-0.3, -0.25) is 14.4 Å². The van der Waals surface area contributed by atoms with E-state index in [0.717, 1.165) is 13.0 Å². The van der Waals surface area contributed by atoms with Crippen LogP contribution in [0.15, 0.2) is 40.2 Å². The van der Waals surface area contributed by atoms with Gasteiger partial charge < -0.3 is 5.32 Å². The Bertz CT molecular complexity index is 701. The molecule has 2 aromatic rings. The fraction of sp³-hybridized carbons (Fsp3) is 0.333. The third-order valence-electron chi connectivity index (χ3n) is 2.75. The molecule has 0 aliphatic carbocycles. The summed E-state index contributed by atoms with van der Waals surface area (Å²) < 4.78 is 29.3. The van der Waals surface area contributed by atoms with Gasteiger partial charge in [-0.15, -0.1) is 0 Å². The molecular weight excluding hydrogens is 358 g/mol. The molecule has 0 unspecified atom stereocenters. The zero-order chi connectivity index (χ0) is 15.3. The number of aryl methyl sites for hydroxylation is 1. The molecule has 0 bridgehead atoms. The Morgan fingerprint density at radius 3 is 2.90 bits per heavy atom. The third kappa shape index (κ3) is 4.26. The number of sulfonamides is 1. The van der Waals surface area contributed by atoms with Crippen molar-refractivity contribution in [2.45, 2.75) is 17.9 Å². The highest BCUT2D eigenvalue weighted by molar-refractivity contribution is 9.10. The number of anilines is 1. The minimum Gasteiger partial charge on any atom is -0.320 e. The molecule has 0 aromatic carbocycles. The van der Waals surface area contributed by atoms with Gasteiger partial charge in [0.05, 0.1) is 16.4 Å². The molecule has 0 aliphatic rings. The van der Waals surface area contributed by atoms with Gasteiger partial charge in [0.25, 0.3) is 10.0 Å². The van der Waals surface area contributed by atoms with Crippen molar-refractivity contribution in [1.29, 1.82) is 0 Å². The molecule has 0 radical (unpaired) electrons. The van der Waals surface area contributed by atoms with Gasteiger partial charge in [-0.1, -0.05) is 0 Å². The summed E-state index contributed by atoms with van der Waals surface area (Å²) in [5.41, 5.74) is 0.438. The minimum atomic E-state index is -3.65. The molecule has 9 heteroatoms. The van der Waals surface area contributed by atoms with E-state index in [4.69, 9.17) is 0 Å². The fourth-order valence-corrected chi connectivity index (χ4v) is 3.20. The fourth-order valence-electron chi connectivity index (χ4n) is 1.69. The van der Waals surface area contributed by atoms with Crippen molar-refractivity contribution in [3.05, 3.63) is 35.3 Å². The number of rotatable bonds is 7. The molecule has 21 heavy (non-hydrogen) atoms. The number of hydrogen-bond donors (Lipinski definition) is 2. The second kappa shape index (κ2) is 7.01. The molecule has 114 valence electrons. The van der Waals surface area contributed by atoms with Crippen molar-refractivity contribution in [2.75, 3.05) is 18.3 Å². The maximum absolute atomic E-state index is 12.3. The first-order chi connectivity index (χ1) is 10.0.